The highest BCUT2D eigenvalue weighted by Gasteiger charge is 2.17. The van der Waals surface area contributed by atoms with Gasteiger partial charge in [-0.1, -0.05) is 6.92 Å². The number of carbonyl (C=O) groups excluding carboxylic acids is 1. The number of hydrogen-bond acceptors (Lipinski definition) is 6. The Kier molecular flexibility index (Phi) is 5.41. The largest absolute Gasteiger partial charge is 0.358 e. The van der Waals surface area contributed by atoms with Crippen LogP contribution in [0.2, 0.25) is 0 Å². The number of aromatic nitrogens is 1. The number of nitriles is 1. The van der Waals surface area contributed by atoms with E-state index in [-0.39, 0.29) is 23.0 Å². The summed E-state index contributed by atoms with van der Waals surface area (Å²) in [5.74, 6) is -0.0758. The third kappa shape index (κ3) is 3.91. The summed E-state index contributed by atoms with van der Waals surface area (Å²) in [5, 5.41) is 25.0. The zero-order valence-electron chi connectivity index (χ0n) is 11.2. The number of rotatable bonds is 6. The molecule has 0 aliphatic carbocycles. The molecule has 1 rings (SSSR count). The predicted molar refractivity (Wildman–Crippen MR) is 72.0 cm³/mol. The Morgan fingerprint density at radius 2 is 2.35 bits per heavy atom. The Hall–Kier alpha value is -2.69. The van der Waals surface area contributed by atoms with E-state index in [0.29, 0.717) is 6.54 Å². The van der Waals surface area contributed by atoms with Crippen LogP contribution in [0.4, 0.5) is 11.5 Å². The van der Waals surface area contributed by atoms with E-state index in [2.05, 4.69) is 15.6 Å². The third-order valence-corrected chi connectivity index (χ3v) is 2.50. The average molecular weight is 277 g/mol. The fourth-order valence-corrected chi connectivity index (χ4v) is 1.43. The molecule has 8 heteroatoms. The number of hydrogen-bond donors (Lipinski definition) is 2. The van der Waals surface area contributed by atoms with Gasteiger partial charge in [0.1, 0.15) is 29.7 Å². The van der Waals surface area contributed by atoms with Crippen LogP contribution in [0.15, 0.2) is 12.3 Å². The smallest absolute Gasteiger partial charge is 0.289 e. The predicted octanol–water partition coefficient (Wildman–Crippen LogP) is 1.19. The van der Waals surface area contributed by atoms with Crippen LogP contribution >= 0.6 is 0 Å². The minimum absolute atomic E-state index is 0.0225. The molecule has 0 spiro atoms. The van der Waals surface area contributed by atoms with E-state index >= 15 is 0 Å². The number of pyridine rings is 1. The van der Waals surface area contributed by atoms with Crippen molar-refractivity contribution in [3.05, 3.63) is 27.9 Å². The summed E-state index contributed by atoms with van der Waals surface area (Å²) in [6.45, 7) is 4.11. The zero-order chi connectivity index (χ0) is 15.1. The van der Waals surface area contributed by atoms with E-state index < -0.39 is 11.0 Å². The highest BCUT2D eigenvalue weighted by molar-refractivity contribution is 5.84. The maximum Gasteiger partial charge on any atom is 0.289 e. The van der Waals surface area contributed by atoms with Gasteiger partial charge in [0.2, 0.25) is 5.91 Å². The first-order valence-corrected chi connectivity index (χ1v) is 6.08. The maximum atomic E-state index is 11.7. The monoisotopic (exact) mass is 277 g/mol. The Labute approximate surface area is 116 Å². The molecule has 0 saturated carbocycles. The van der Waals surface area contributed by atoms with Crippen LogP contribution < -0.4 is 10.6 Å². The van der Waals surface area contributed by atoms with Gasteiger partial charge in [-0.2, -0.15) is 5.26 Å². The molecule has 20 heavy (non-hydrogen) atoms. The molecule has 0 fully saturated rings. The van der Waals surface area contributed by atoms with Crippen LogP contribution in [-0.2, 0) is 4.79 Å². The number of nitrogens with one attached hydrogen (secondary N) is 2. The Balaban J connectivity index is 2.85. The van der Waals surface area contributed by atoms with Crippen molar-refractivity contribution in [3.8, 4) is 6.07 Å². The molecule has 0 aliphatic rings. The summed E-state index contributed by atoms with van der Waals surface area (Å²) in [4.78, 5) is 25.5. The van der Waals surface area contributed by atoms with Crippen molar-refractivity contribution in [2.75, 3.05) is 11.9 Å². The molecule has 2 N–H and O–H groups in total. The molecule has 0 bridgehead atoms. The van der Waals surface area contributed by atoms with E-state index in [9.17, 15) is 14.9 Å². The summed E-state index contributed by atoms with van der Waals surface area (Å²) in [6.07, 6.45) is 1.86. The van der Waals surface area contributed by atoms with Crippen LogP contribution in [0, 0.1) is 21.4 Å². The van der Waals surface area contributed by atoms with Crippen LogP contribution in [0.1, 0.15) is 25.8 Å². The number of nitro groups is 1. The topological polar surface area (TPSA) is 121 Å². The van der Waals surface area contributed by atoms with E-state index in [0.717, 1.165) is 18.7 Å². The van der Waals surface area contributed by atoms with Gasteiger partial charge in [0.15, 0.2) is 0 Å². The van der Waals surface area contributed by atoms with Crippen LogP contribution in [0.25, 0.3) is 0 Å². The molecule has 1 amide bonds. The van der Waals surface area contributed by atoms with E-state index in [1.807, 2.05) is 13.0 Å². The number of amides is 1. The van der Waals surface area contributed by atoms with Gasteiger partial charge in [-0.15, -0.1) is 0 Å². The highest BCUT2D eigenvalue weighted by Crippen LogP contribution is 2.18. The molecule has 1 heterocycles. The molecule has 0 saturated heterocycles. The molecule has 0 radical (unpaired) electrons. The lowest BCUT2D eigenvalue weighted by molar-refractivity contribution is -0.385. The molecule has 0 aromatic carbocycles. The Morgan fingerprint density at radius 3 is 2.90 bits per heavy atom. The van der Waals surface area contributed by atoms with E-state index in [1.165, 1.54) is 0 Å². The molecule has 1 aromatic rings. The lowest BCUT2D eigenvalue weighted by Crippen LogP contribution is -2.38. The van der Waals surface area contributed by atoms with Crippen LogP contribution in [-0.4, -0.2) is 28.4 Å². The van der Waals surface area contributed by atoms with Crippen LogP contribution in [0.5, 0.6) is 0 Å². The van der Waals surface area contributed by atoms with Gasteiger partial charge >= 0.3 is 0 Å². The first kappa shape index (κ1) is 15.4. The molecular formula is C12H15N5O3. The normalized spacial score (nSPS) is 11.2. The third-order valence-electron chi connectivity index (χ3n) is 2.50. The summed E-state index contributed by atoms with van der Waals surface area (Å²) < 4.78 is 0. The zero-order valence-corrected chi connectivity index (χ0v) is 11.2. The second-order valence-electron chi connectivity index (χ2n) is 4.12. The van der Waals surface area contributed by atoms with E-state index in [1.54, 1.807) is 6.92 Å². The molecular weight excluding hydrogens is 262 g/mol. The second kappa shape index (κ2) is 7.04. The lowest BCUT2D eigenvalue weighted by Gasteiger charge is -2.14. The van der Waals surface area contributed by atoms with Crippen molar-refractivity contribution in [1.82, 2.24) is 10.3 Å². The summed E-state index contributed by atoms with van der Waals surface area (Å²) in [5.41, 5.74) is -0.246. The van der Waals surface area contributed by atoms with Crippen LogP contribution in [0.3, 0.4) is 0 Å². The lowest BCUT2D eigenvalue weighted by atomic mass is 10.2. The van der Waals surface area contributed by atoms with Crippen molar-refractivity contribution in [2.45, 2.75) is 26.3 Å². The summed E-state index contributed by atoms with van der Waals surface area (Å²) >= 11 is 0. The standard InChI is InChI=1S/C12H15N5O3/c1-3-4-14-12(18)8(2)16-11-9(6-13)5-10(7-15-11)17(19)20/h5,7-8H,3-4H2,1-2H3,(H,14,18)(H,15,16). The van der Waals surface area contributed by atoms with Gasteiger partial charge in [0.25, 0.3) is 5.69 Å². The fourth-order valence-electron chi connectivity index (χ4n) is 1.43. The Bertz CT molecular complexity index is 553. The van der Waals surface area contributed by atoms with Crippen molar-refractivity contribution < 1.29 is 9.72 Å². The Morgan fingerprint density at radius 1 is 1.65 bits per heavy atom. The van der Waals surface area contributed by atoms with E-state index in [4.69, 9.17) is 5.26 Å². The maximum absolute atomic E-state index is 11.7. The van der Waals surface area contributed by atoms with Gasteiger partial charge in [-0.3, -0.25) is 14.9 Å². The molecule has 1 unspecified atom stereocenters. The fraction of sp³-hybridized carbons (Fsp3) is 0.417. The quantitative estimate of drug-likeness (QED) is 0.595. The number of anilines is 1. The van der Waals surface area contributed by atoms with Gasteiger partial charge in [0, 0.05) is 12.6 Å². The highest BCUT2D eigenvalue weighted by atomic mass is 16.6. The minimum atomic E-state index is -0.630. The number of carbonyl (C=O) groups is 1. The van der Waals surface area contributed by atoms with Gasteiger partial charge < -0.3 is 10.6 Å². The molecule has 106 valence electrons. The van der Waals surface area contributed by atoms with Gasteiger partial charge in [-0.05, 0) is 13.3 Å². The average Bonchev–Trinajstić information content (AvgIpc) is 2.44. The van der Waals surface area contributed by atoms with Crippen molar-refractivity contribution >= 4 is 17.4 Å². The molecule has 0 aliphatic heterocycles. The second-order valence-corrected chi connectivity index (χ2v) is 4.12. The first-order chi connectivity index (χ1) is 9.49. The SMILES string of the molecule is CCCNC(=O)C(C)Nc1ncc([N+](=O)[O-])cc1C#N. The van der Waals surface area contributed by atoms with Gasteiger partial charge in [0.05, 0.1) is 4.92 Å². The molecule has 1 aromatic heterocycles. The van der Waals surface area contributed by atoms with Crippen molar-refractivity contribution in [3.63, 3.8) is 0 Å². The minimum Gasteiger partial charge on any atom is -0.358 e. The first-order valence-electron chi connectivity index (χ1n) is 6.08. The van der Waals surface area contributed by atoms with Crippen molar-refractivity contribution in [1.29, 1.82) is 5.26 Å². The number of nitrogens with zero attached hydrogens (tertiary/aromatic N) is 3. The molecule has 8 nitrogen and oxygen atoms in total. The molecule has 1 atom stereocenters. The van der Waals surface area contributed by atoms with Gasteiger partial charge in [-0.25, -0.2) is 4.98 Å². The summed E-state index contributed by atoms with van der Waals surface area (Å²) in [6, 6.07) is 2.34. The van der Waals surface area contributed by atoms with Crippen molar-refractivity contribution in [2.24, 2.45) is 0 Å². The summed E-state index contributed by atoms with van der Waals surface area (Å²) in [7, 11) is 0.